The number of nitrogens with zero attached hydrogens (tertiary/aromatic N) is 1. The fourth-order valence-electron chi connectivity index (χ4n) is 0.847. The Balaban J connectivity index is 2.88. The molecular weight excluding hydrogens is 186 g/mol. The number of aliphatic carboxylic acids is 1. The number of nitrogens with one attached hydrogen (secondary N) is 2. The van der Waals surface area contributed by atoms with Crippen molar-refractivity contribution in [3.8, 4) is 0 Å². The van der Waals surface area contributed by atoms with Gasteiger partial charge in [0.1, 0.15) is 5.70 Å². The first-order valence-electron chi connectivity index (χ1n) is 3.81. The zero-order chi connectivity index (χ0) is 10.6. The first-order valence-corrected chi connectivity index (χ1v) is 3.81. The maximum Gasteiger partial charge on any atom is 0.352 e. The van der Waals surface area contributed by atoms with Gasteiger partial charge < -0.3 is 10.4 Å². The fourth-order valence-corrected chi connectivity index (χ4v) is 0.847. The van der Waals surface area contributed by atoms with E-state index >= 15 is 0 Å². The first kappa shape index (κ1) is 9.97. The van der Waals surface area contributed by atoms with Crippen molar-refractivity contribution < 1.29 is 14.7 Å². The quantitative estimate of drug-likeness (QED) is 0.590. The van der Waals surface area contributed by atoms with Gasteiger partial charge in [-0.15, -0.1) is 0 Å². The third-order valence-electron chi connectivity index (χ3n) is 1.37. The van der Waals surface area contributed by atoms with E-state index in [-0.39, 0.29) is 5.70 Å². The molecular formula is C8H9N3O3. The summed E-state index contributed by atoms with van der Waals surface area (Å²) in [5, 5.41) is 17.1. The molecule has 14 heavy (non-hydrogen) atoms. The van der Waals surface area contributed by atoms with Crippen LogP contribution in [-0.2, 0) is 9.59 Å². The summed E-state index contributed by atoms with van der Waals surface area (Å²) in [4.78, 5) is 21.3. The average molecular weight is 195 g/mol. The standard InChI is InChI=1S/C8H9N3O3/c1-5(12)11-7(8(13)14)2-6-3-9-10-4-6/h2-4H,1H3,(H,9,10)(H,11,12)(H,13,14). The van der Waals surface area contributed by atoms with E-state index in [1.54, 1.807) is 0 Å². The van der Waals surface area contributed by atoms with Gasteiger partial charge >= 0.3 is 5.97 Å². The summed E-state index contributed by atoms with van der Waals surface area (Å²) >= 11 is 0. The van der Waals surface area contributed by atoms with Gasteiger partial charge in [-0.05, 0) is 6.08 Å². The van der Waals surface area contributed by atoms with Crippen LogP contribution in [0.1, 0.15) is 12.5 Å². The average Bonchev–Trinajstić information content (AvgIpc) is 2.54. The van der Waals surface area contributed by atoms with Crippen molar-refractivity contribution in [3.05, 3.63) is 23.7 Å². The highest BCUT2D eigenvalue weighted by atomic mass is 16.4. The second-order valence-electron chi connectivity index (χ2n) is 2.58. The van der Waals surface area contributed by atoms with E-state index in [0.717, 1.165) is 0 Å². The fraction of sp³-hybridized carbons (Fsp3) is 0.125. The number of rotatable bonds is 3. The molecule has 0 bridgehead atoms. The van der Waals surface area contributed by atoms with Gasteiger partial charge in [-0.1, -0.05) is 0 Å². The topological polar surface area (TPSA) is 95.1 Å². The SMILES string of the molecule is CC(=O)NC(=Cc1cn[nH]c1)C(=O)O. The monoisotopic (exact) mass is 195 g/mol. The van der Waals surface area contributed by atoms with Crippen LogP contribution >= 0.6 is 0 Å². The van der Waals surface area contributed by atoms with Gasteiger partial charge in [0.15, 0.2) is 0 Å². The zero-order valence-corrected chi connectivity index (χ0v) is 7.44. The first-order chi connectivity index (χ1) is 6.59. The number of hydrogen-bond donors (Lipinski definition) is 3. The molecule has 0 saturated heterocycles. The summed E-state index contributed by atoms with van der Waals surface area (Å²) in [5.41, 5.74) is 0.398. The van der Waals surface area contributed by atoms with Gasteiger partial charge in [-0.3, -0.25) is 9.89 Å². The van der Waals surface area contributed by atoms with Crippen LogP contribution in [0.25, 0.3) is 6.08 Å². The minimum atomic E-state index is -1.19. The minimum Gasteiger partial charge on any atom is -0.477 e. The highest BCUT2D eigenvalue weighted by Gasteiger charge is 2.08. The van der Waals surface area contributed by atoms with E-state index in [9.17, 15) is 9.59 Å². The molecule has 0 aliphatic heterocycles. The van der Waals surface area contributed by atoms with E-state index in [1.165, 1.54) is 25.4 Å². The highest BCUT2D eigenvalue weighted by molar-refractivity contribution is 5.96. The van der Waals surface area contributed by atoms with Crippen molar-refractivity contribution in [3.63, 3.8) is 0 Å². The molecule has 1 heterocycles. The molecule has 0 saturated carbocycles. The van der Waals surface area contributed by atoms with Crippen molar-refractivity contribution in [2.24, 2.45) is 0 Å². The lowest BCUT2D eigenvalue weighted by molar-refractivity contribution is -0.134. The van der Waals surface area contributed by atoms with Crippen molar-refractivity contribution >= 4 is 18.0 Å². The lowest BCUT2D eigenvalue weighted by Gasteiger charge is -2.00. The van der Waals surface area contributed by atoms with Crippen LogP contribution in [0.2, 0.25) is 0 Å². The Morgan fingerprint density at radius 3 is 2.79 bits per heavy atom. The summed E-state index contributed by atoms with van der Waals surface area (Å²) in [5.74, 6) is -1.62. The molecule has 0 aliphatic rings. The lowest BCUT2D eigenvalue weighted by atomic mass is 10.3. The van der Waals surface area contributed by atoms with Gasteiger partial charge in [0, 0.05) is 18.7 Å². The Kier molecular flexibility index (Phi) is 3.01. The molecule has 0 fully saturated rings. The molecule has 0 spiro atoms. The summed E-state index contributed by atoms with van der Waals surface area (Å²) in [6.07, 6.45) is 4.28. The molecule has 6 heteroatoms. The molecule has 1 rings (SSSR count). The Morgan fingerprint density at radius 2 is 2.36 bits per heavy atom. The van der Waals surface area contributed by atoms with Crippen LogP contribution in [-0.4, -0.2) is 27.2 Å². The smallest absolute Gasteiger partial charge is 0.352 e. The maximum absolute atomic E-state index is 10.6. The van der Waals surface area contributed by atoms with Gasteiger partial charge in [-0.2, -0.15) is 5.10 Å². The summed E-state index contributed by atoms with van der Waals surface area (Å²) < 4.78 is 0. The van der Waals surface area contributed by atoms with E-state index in [0.29, 0.717) is 5.56 Å². The Morgan fingerprint density at radius 1 is 1.64 bits per heavy atom. The van der Waals surface area contributed by atoms with Crippen molar-refractivity contribution in [1.82, 2.24) is 15.5 Å². The van der Waals surface area contributed by atoms with E-state index < -0.39 is 11.9 Å². The number of carboxylic acids is 1. The van der Waals surface area contributed by atoms with Crippen LogP contribution < -0.4 is 5.32 Å². The molecule has 74 valence electrons. The maximum atomic E-state index is 10.6. The number of aromatic amines is 1. The van der Waals surface area contributed by atoms with Crippen LogP contribution in [0, 0.1) is 0 Å². The van der Waals surface area contributed by atoms with Crippen LogP contribution in [0.4, 0.5) is 0 Å². The molecule has 1 aromatic heterocycles. The summed E-state index contributed by atoms with van der Waals surface area (Å²) in [6, 6.07) is 0. The normalized spacial score (nSPS) is 11.1. The second-order valence-corrected chi connectivity index (χ2v) is 2.58. The molecule has 0 aromatic carbocycles. The van der Waals surface area contributed by atoms with Crippen LogP contribution in [0.15, 0.2) is 18.1 Å². The number of carbonyl (C=O) groups is 2. The van der Waals surface area contributed by atoms with Crippen LogP contribution in [0.5, 0.6) is 0 Å². The molecule has 0 atom stereocenters. The number of aromatic nitrogens is 2. The number of H-pyrrole nitrogens is 1. The molecule has 0 radical (unpaired) electrons. The Bertz CT molecular complexity index is 367. The second kappa shape index (κ2) is 4.22. The molecule has 0 aliphatic carbocycles. The van der Waals surface area contributed by atoms with E-state index in [4.69, 9.17) is 5.11 Å². The largest absolute Gasteiger partial charge is 0.477 e. The Hall–Kier alpha value is -2.11. The van der Waals surface area contributed by atoms with E-state index in [1.807, 2.05) is 0 Å². The number of amides is 1. The Labute approximate surface area is 79.6 Å². The van der Waals surface area contributed by atoms with Gasteiger partial charge in [0.2, 0.25) is 5.91 Å². The van der Waals surface area contributed by atoms with Gasteiger partial charge in [0.25, 0.3) is 0 Å². The molecule has 1 aromatic rings. The molecule has 6 nitrogen and oxygen atoms in total. The third-order valence-corrected chi connectivity index (χ3v) is 1.37. The zero-order valence-electron chi connectivity index (χ0n) is 7.44. The third kappa shape index (κ3) is 2.74. The predicted octanol–water partition coefficient (Wildman–Crippen LogP) is -0.0287. The molecule has 0 unspecified atom stereocenters. The predicted molar refractivity (Wildman–Crippen MR) is 48.0 cm³/mol. The number of hydrogen-bond acceptors (Lipinski definition) is 3. The van der Waals surface area contributed by atoms with E-state index in [2.05, 4.69) is 15.5 Å². The summed E-state index contributed by atoms with van der Waals surface area (Å²) in [7, 11) is 0. The summed E-state index contributed by atoms with van der Waals surface area (Å²) in [6.45, 7) is 1.24. The van der Waals surface area contributed by atoms with Crippen LogP contribution in [0.3, 0.4) is 0 Å². The van der Waals surface area contributed by atoms with Gasteiger partial charge in [-0.25, -0.2) is 4.79 Å². The van der Waals surface area contributed by atoms with Gasteiger partial charge in [0.05, 0.1) is 6.20 Å². The lowest BCUT2D eigenvalue weighted by Crippen LogP contribution is -2.24. The van der Waals surface area contributed by atoms with Crippen molar-refractivity contribution in [1.29, 1.82) is 0 Å². The minimum absolute atomic E-state index is 0.182. The number of carboxylic acid groups (broad SMARTS) is 1. The van der Waals surface area contributed by atoms with Crippen molar-refractivity contribution in [2.75, 3.05) is 0 Å². The number of carbonyl (C=O) groups excluding carboxylic acids is 1. The van der Waals surface area contributed by atoms with Crippen molar-refractivity contribution in [2.45, 2.75) is 6.92 Å². The highest BCUT2D eigenvalue weighted by Crippen LogP contribution is 2.02. The molecule has 1 amide bonds. The molecule has 3 N–H and O–H groups in total.